The Morgan fingerprint density at radius 1 is 1.19 bits per heavy atom. The van der Waals surface area contributed by atoms with Crippen molar-refractivity contribution < 1.29 is 28.2 Å². The molecule has 1 aromatic carbocycles. The number of nitrogens with zero attached hydrogens (tertiary/aromatic N) is 3. The lowest BCUT2D eigenvalue weighted by Crippen LogP contribution is -2.25. The van der Waals surface area contributed by atoms with Gasteiger partial charge in [0.1, 0.15) is 11.8 Å². The highest BCUT2D eigenvalue weighted by Gasteiger charge is 2.27. The second kappa shape index (κ2) is 7.74. The van der Waals surface area contributed by atoms with Crippen molar-refractivity contribution in [3.8, 4) is 17.4 Å². The number of benzene rings is 1. The number of halogens is 1. The number of fused-ring (bicyclic) bond motifs is 2. The van der Waals surface area contributed by atoms with Crippen LogP contribution in [0, 0.1) is 18.2 Å². The Kier molecular flexibility index (Phi) is 5.20. The first-order valence-corrected chi connectivity index (χ1v) is 9.93. The molecule has 0 saturated carbocycles. The first-order valence-electron chi connectivity index (χ1n) is 9.93. The van der Waals surface area contributed by atoms with Gasteiger partial charge in [0.25, 0.3) is 0 Å². The Labute approximate surface area is 183 Å². The van der Waals surface area contributed by atoms with Gasteiger partial charge in [-0.25, -0.2) is 13.7 Å². The molecule has 0 aliphatic heterocycles. The fourth-order valence-corrected chi connectivity index (χ4v) is 3.33. The van der Waals surface area contributed by atoms with Crippen LogP contribution in [0.3, 0.4) is 0 Å². The minimum Gasteiger partial charge on any atom is -0.466 e. The average molecular weight is 439 g/mol. The van der Waals surface area contributed by atoms with Crippen LogP contribution in [0.1, 0.15) is 37.5 Å². The van der Waals surface area contributed by atoms with E-state index in [4.69, 9.17) is 14.2 Å². The van der Waals surface area contributed by atoms with E-state index in [1.54, 1.807) is 40.0 Å². The summed E-state index contributed by atoms with van der Waals surface area (Å²) in [4.78, 5) is 28.2. The van der Waals surface area contributed by atoms with Gasteiger partial charge in [0.05, 0.1) is 18.7 Å². The van der Waals surface area contributed by atoms with E-state index >= 15 is 4.39 Å². The summed E-state index contributed by atoms with van der Waals surface area (Å²) in [5, 5.41) is 4.13. The number of methoxy groups -OCH3 is 1. The summed E-state index contributed by atoms with van der Waals surface area (Å²) in [6, 6.07) is 3.18. The van der Waals surface area contributed by atoms with Gasteiger partial charge >= 0.3 is 11.9 Å². The van der Waals surface area contributed by atoms with Crippen LogP contribution in [0.2, 0.25) is 0 Å². The van der Waals surface area contributed by atoms with Gasteiger partial charge in [-0.3, -0.25) is 4.79 Å². The van der Waals surface area contributed by atoms with Gasteiger partial charge in [0.15, 0.2) is 17.3 Å². The van der Waals surface area contributed by atoms with Crippen molar-refractivity contribution in [1.82, 2.24) is 14.6 Å². The van der Waals surface area contributed by atoms with Crippen molar-refractivity contribution in [2.75, 3.05) is 7.11 Å². The summed E-state index contributed by atoms with van der Waals surface area (Å²) in [5.74, 6) is -1.14. The zero-order chi connectivity index (χ0) is 23.2. The number of aryl methyl sites for hydroxylation is 1. The molecule has 0 saturated heterocycles. The number of ether oxygens (including phenoxy) is 3. The maximum Gasteiger partial charge on any atom is 0.334 e. The third-order valence-electron chi connectivity index (χ3n) is 5.15. The largest absolute Gasteiger partial charge is 0.466 e. The number of carbonyl (C=O) groups excluding carboxylic acids is 2. The average Bonchev–Trinajstić information content (AvgIpc) is 3.31. The van der Waals surface area contributed by atoms with Crippen molar-refractivity contribution in [1.29, 1.82) is 0 Å². The monoisotopic (exact) mass is 439 g/mol. The van der Waals surface area contributed by atoms with E-state index in [2.05, 4.69) is 10.1 Å². The minimum atomic E-state index is -0.685. The Hall–Kier alpha value is -3.75. The maximum atomic E-state index is 15.2. The van der Waals surface area contributed by atoms with Gasteiger partial charge in [-0.1, -0.05) is 6.07 Å². The molecule has 0 spiro atoms. The highest BCUT2D eigenvalue weighted by molar-refractivity contribution is 5.96. The van der Waals surface area contributed by atoms with Crippen molar-refractivity contribution in [3.05, 3.63) is 52.7 Å². The molecule has 3 aromatic rings. The van der Waals surface area contributed by atoms with Crippen LogP contribution in [0.15, 0.2) is 30.2 Å². The standard InChI is InChI=1S/C23H22FN3O5/c1-12-17(32-22(29)23(2,3)4)10-27-19(12)20(25-11-26-27)31-16-7-6-13-8-14(21(28)30-5)9-15(13)18(16)24/h6-7,9-11H,8H2,1-5H3. The van der Waals surface area contributed by atoms with Crippen LogP contribution in [-0.2, 0) is 20.7 Å². The van der Waals surface area contributed by atoms with Gasteiger partial charge in [0.2, 0.25) is 5.88 Å². The highest BCUT2D eigenvalue weighted by Crippen LogP contribution is 2.37. The molecule has 0 fully saturated rings. The lowest BCUT2D eigenvalue weighted by molar-refractivity contribution is -0.143. The molecule has 32 heavy (non-hydrogen) atoms. The van der Waals surface area contributed by atoms with E-state index in [0.29, 0.717) is 28.0 Å². The van der Waals surface area contributed by atoms with Gasteiger partial charge in [0, 0.05) is 23.1 Å². The zero-order valence-electron chi connectivity index (χ0n) is 18.4. The highest BCUT2D eigenvalue weighted by atomic mass is 19.1. The number of hydrogen-bond donors (Lipinski definition) is 0. The van der Waals surface area contributed by atoms with Crippen molar-refractivity contribution in [3.63, 3.8) is 0 Å². The van der Waals surface area contributed by atoms with Crippen molar-refractivity contribution in [2.45, 2.75) is 34.1 Å². The van der Waals surface area contributed by atoms with Crippen molar-refractivity contribution in [2.24, 2.45) is 5.41 Å². The predicted octanol–water partition coefficient (Wildman–Crippen LogP) is 4.03. The van der Waals surface area contributed by atoms with Crippen LogP contribution in [0.4, 0.5) is 4.39 Å². The lowest BCUT2D eigenvalue weighted by Gasteiger charge is -2.15. The van der Waals surface area contributed by atoms with Crippen LogP contribution in [0.5, 0.6) is 17.4 Å². The van der Waals surface area contributed by atoms with Gasteiger partial charge < -0.3 is 14.2 Å². The van der Waals surface area contributed by atoms with Crippen molar-refractivity contribution >= 4 is 23.5 Å². The number of rotatable bonds is 4. The molecular weight excluding hydrogens is 417 g/mol. The maximum absolute atomic E-state index is 15.2. The number of hydrogen-bond acceptors (Lipinski definition) is 7. The molecule has 0 atom stereocenters. The zero-order valence-corrected chi connectivity index (χ0v) is 18.4. The molecule has 166 valence electrons. The topological polar surface area (TPSA) is 92.0 Å². The summed E-state index contributed by atoms with van der Waals surface area (Å²) in [7, 11) is 1.28. The summed E-state index contributed by atoms with van der Waals surface area (Å²) in [6.45, 7) is 7.00. The normalized spacial score (nSPS) is 13.0. The molecule has 0 bridgehead atoms. The predicted molar refractivity (Wildman–Crippen MR) is 113 cm³/mol. The molecule has 2 heterocycles. The SMILES string of the molecule is COC(=O)C1=Cc2c(ccc(Oc3ncnn4cc(OC(=O)C(C)(C)C)c(C)c34)c2F)C1. The first kappa shape index (κ1) is 21.5. The molecule has 9 heteroatoms. The number of esters is 2. The smallest absolute Gasteiger partial charge is 0.334 e. The molecule has 8 nitrogen and oxygen atoms in total. The fraction of sp³-hybridized carbons (Fsp3) is 0.304. The second-order valence-corrected chi connectivity index (χ2v) is 8.51. The van der Waals surface area contributed by atoms with E-state index in [-0.39, 0.29) is 23.6 Å². The quantitative estimate of drug-likeness (QED) is 0.567. The Morgan fingerprint density at radius 3 is 2.62 bits per heavy atom. The van der Waals surface area contributed by atoms with Crippen LogP contribution >= 0.6 is 0 Å². The lowest BCUT2D eigenvalue weighted by atomic mass is 9.97. The summed E-state index contributed by atoms with van der Waals surface area (Å²) in [6.07, 6.45) is 4.56. The second-order valence-electron chi connectivity index (χ2n) is 8.51. The Bertz CT molecular complexity index is 1290. The third-order valence-corrected chi connectivity index (χ3v) is 5.15. The summed E-state index contributed by atoms with van der Waals surface area (Å²) < 4.78 is 32.7. The number of carbonyl (C=O) groups is 2. The van der Waals surface area contributed by atoms with Crippen LogP contribution < -0.4 is 9.47 Å². The molecule has 0 N–H and O–H groups in total. The molecule has 0 unspecified atom stereocenters. The van der Waals surface area contributed by atoms with E-state index in [0.717, 1.165) is 0 Å². The Balaban J connectivity index is 1.70. The minimum absolute atomic E-state index is 0.0550. The van der Waals surface area contributed by atoms with Gasteiger partial charge in [-0.2, -0.15) is 10.1 Å². The third kappa shape index (κ3) is 3.70. The molecule has 2 aromatic heterocycles. The molecule has 0 radical (unpaired) electrons. The molecule has 1 aliphatic rings. The van der Waals surface area contributed by atoms with Gasteiger partial charge in [-0.15, -0.1) is 0 Å². The molecular formula is C23H22FN3O5. The van der Waals surface area contributed by atoms with E-state index < -0.39 is 23.2 Å². The van der Waals surface area contributed by atoms with E-state index in [1.807, 2.05) is 0 Å². The first-order chi connectivity index (χ1) is 15.1. The fourth-order valence-electron chi connectivity index (χ4n) is 3.33. The molecule has 1 aliphatic carbocycles. The van der Waals surface area contributed by atoms with Crippen LogP contribution in [0.25, 0.3) is 11.6 Å². The van der Waals surface area contributed by atoms with Crippen LogP contribution in [-0.4, -0.2) is 33.6 Å². The Morgan fingerprint density at radius 2 is 1.94 bits per heavy atom. The van der Waals surface area contributed by atoms with E-state index in [9.17, 15) is 9.59 Å². The molecule has 4 rings (SSSR count). The van der Waals surface area contributed by atoms with Gasteiger partial charge in [-0.05, 0) is 45.4 Å². The molecule has 0 amide bonds. The van der Waals surface area contributed by atoms with E-state index in [1.165, 1.54) is 30.1 Å². The summed E-state index contributed by atoms with van der Waals surface area (Å²) in [5.41, 5.74) is 1.65. The number of aromatic nitrogens is 3. The summed E-state index contributed by atoms with van der Waals surface area (Å²) >= 11 is 0.